The quantitative estimate of drug-likeness (QED) is 0.450. The van der Waals surface area contributed by atoms with E-state index in [-0.39, 0.29) is 0 Å². The topological polar surface area (TPSA) is 115 Å². The number of benzene rings is 2. The van der Waals surface area contributed by atoms with Crippen LogP contribution in [-0.4, -0.2) is 34.3 Å². The number of nitrogens with two attached hydrogens (primary N) is 1. The molecule has 0 fully saturated rings. The van der Waals surface area contributed by atoms with E-state index in [2.05, 4.69) is 20.9 Å². The number of anilines is 2. The minimum Gasteiger partial charge on any atom is -0.384 e. The highest BCUT2D eigenvalue weighted by atomic mass is 32.2. The summed E-state index contributed by atoms with van der Waals surface area (Å²) in [5, 5.41) is 5.41. The fraction of sp³-hybridized carbons (Fsp3) is 0.0455. The molecule has 0 amide bonds. The van der Waals surface area contributed by atoms with E-state index in [1.165, 1.54) is 0 Å². The number of para-hydroxylation sites is 1. The molecule has 0 aliphatic carbocycles. The molecule has 0 atom stereocenters. The molecule has 31 heavy (non-hydrogen) atoms. The van der Waals surface area contributed by atoms with Gasteiger partial charge < -0.3 is 5.73 Å². The molecule has 2 aromatic carbocycles. The first kappa shape index (κ1) is 19.0. The Hall–Kier alpha value is -3.98. The first-order valence-corrected chi connectivity index (χ1v) is 11.3. The second-order valence-corrected chi connectivity index (χ2v) is 8.98. The average Bonchev–Trinajstić information content (AvgIpc) is 3.17. The number of hydrogen-bond donors (Lipinski definition) is 2. The van der Waals surface area contributed by atoms with Gasteiger partial charge in [0.2, 0.25) is 10.0 Å². The number of sulfonamides is 1. The van der Waals surface area contributed by atoms with Gasteiger partial charge >= 0.3 is 0 Å². The molecule has 0 saturated carbocycles. The summed E-state index contributed by atoms with van der Waals surface area (Å²) in [5.74, 6) is 0.443. The van der Waals surface area contributed by atoms with E-state index in [0.29, 0.717) is 22.8 Å². The van der Waals surface area contributed by atoms with Crippen LogP contribution in [-0.2, 0) is 10.0 Å². The van der Waals surface area contributed by atoms with Crippen molar-refractivity contribution < 1.29 is 8.42 Å². The number of nitrogens with one attached hydrogen (secondary N) is 1. The van der Waals surface area contributed by atoms with Crippen molar-refractivity contribution in [3.63, 3.8) is 0 Å². The molecule has 8 nitrogen and oxygen atoms in total. The van der Waals surface area contributed by atoms with Crippen molar-refractivity contribution in [3.05, 3.63) is 73.1 Å². The predicted molar refractivity (Wildman–Crippen MR) is 122 cm³/mol. The van der Waals surface area contributed by atoms with E-state index >= 15 is 0 Å². The summed E-state index contributed by atoms with van der Waals surface area (Å²) in [7, 11) is -3.34. The van der Waals surface area contributed by atoms with Gasteiger partial charge in [0.1, 0.15) is 5.82 Å². The molecular weight excluding hydrogens is 412 g/mol. The molecule has 154 valence electrons. The summed E-state index contributed by atoms with van der Waals surface area (Å²) in [5.41, 5.74) is 11.4. The van der Waals surface area contributed by atoms with Crippen molar-refractivity contribution in [2.45, 2.75) is 0 Å². The Morgan fingerprint density at radius 1 is 0.968 bits per heavy atom. The van der Waals surface area contributed by atoms with Crippen molar-refractivity contribution >= 4 is 38.1 Å². The highest BCUT2D eigenvalue weighted by Gasteiger charge is 2.14. The zero-order valence-electron chi connectivity index (χ0n) is 16.5. The average molecular weight is 430 g/mol. The Morgan fingerprint density at radius 3 is 2.52 bits per heavy atom. The van der Waals surface area contributed by atoms with Gasteiger partial charge in [-0.2, -0.15) is 9.61 Å². The number of rotatable bonds is 4. The van der Waals surface area contributed by atoms with Crippen molar-refractivity contribution in [1.29, 1.82) is 0 Å². The number of fused-ring (bicyclic) bond motifs is 2. The van der Waals surface area contributed by atoms with Crippen LogP contribution in [0.15, 0.2) is 73.1 Å². The molecule has 9 heteroatoms. The van der Waals surface area contributed by atoms with Crippen LogP contribution in [0.3, 0.4) is 0 Å². The van der Waals surface area contributed by atoms with Gasteiger partial charge in [0.15, 0.2) is 5.65 Å². The largest absolute Gasteiger partial charge is 0.384 e. The van der Waals surface area contributed by atoms with Crippen LogP contribution in [0.2, 0.25) is 0 Å². The van der Waals surface area contributed by atoms with Gasteiger partial charge in [-0.05, 0) is 24.3 Å². The number of aromatic nitrogens is 4. The lowest BCUT2D eigenvalue weighted by molar-refractivity contribution is 0.607. The Labute approximate surface area is 178 Å². The van der Waals surface area contributed by atoms with Crippen LogP contribution >= 0.6 is 0 Å². The molecule has 0 saturated heterocycles. The van der Waals surface area contributed by atoms with E-state index < -0.39 is 10.0 Å². The third kappa shape index (κ3) is 3.66. The number of nitrogens with zero attached hydrogens (tertiary/aromatic N) is 4. The summed E-state index contributed by atoms with van der Waals surface area (Å²) in [6.07, 6.45) is 4.64. The van der Waals surface area contributed by atoms with Crippen molar-refractivity contribution in [2.24, 2.45) is 0 Å². The Bertz CT molecular complexity index is 1540. The van der Waals surface area contributed by atoms with E-state index in [4.69, 9.17) is 10.7 Å². The van der Waals surface area contributed by atoms with E-state index in [1.54, 1.807) is 47.2 Å². The van der Waals surface area contributed by atoms with Crippen LogP contribution < -0.4 is 10.5 Å². The fourth-order valence-electron chi connectivity index (χ4n) is 3.48. The molecule has 0 radical (unpaired) electrons. The van der Waals surface area contributed by atoms with Crippen LogP contribution in [0.1, 0.15) is 0 Å². The third-order valence-corrected chi connectivity index (χ3v) is 5.49. The zero-order chi connectivity index (χ0) is 21.6. The summed E-state index contributed by atoms with van der Waals surface area (Å²) in [4.78, 5) is 9.31. The lowest BCUT2D eigenvalue weighted by atomic mass is 10.1. The van der Waals surface area contributed by atoms with Gasteiger partial charge in [-0.25, -0.2) is 13.4 Å². The number of nitrogen functional groups attached to an aromatic ring is 1. The molecule has 3 N–H and O–H groups in total. The molecule has 0 aliphatic rings. The molecule has 0 bridgehead atoms. The minimum absolute atomic E-state index is 0.443. The molecule has 3 aromatic heterocycles. The molecule has 0 spiro atoms. The monoisotopic (exact) mass is 430 g/mol. The molecule has 5 aromatic rings. The Kier molecular flexibility index (Phi) is 4.33. The summed E-state index contributed by atoms with van der Waals surface area (Å²) < 4.78 is 26.9. The van der Waals surface area contributed by atoms with Crippen molar-refractivity contribution in [2.75, 3.05) is 16.7 Å². The highest BCUT2D eigenvalue weighted by molar-refractivity contribution is 7.92. The Balaban J connectivity index is 1.60. The van der Waals surface area contributed by atoms with Gasteiger partial charge in [-0.1, -0.05) is 30.3 Å². The van der Waals surface area contributed by atoms with Crippen molar-refractivity contribution in [3.8, 4) is 22.4 Å². The maximum Gasteiger partial charge on any atom is 0.229 e. The molecule has 5 rings (SSSR count). The van der Waals surface area contributed by atoms with Gasteiger partial charge in [-0.15, -0.1) is 0 Å². The number of pyridine rings is 1. The molecular formula is C22H18N6O2S. The van der Waals surface area contributed by atoms with E-state index in [9.17, 15) is 8.42 Å². The SMILES string of the molecule is CS(=O)(=O)Nc1ccc(-c2cc(N)n3ncc(-c4cnc5ccccc5c4)c3n2)cc1. The van der Waals surface area contributed by atoms with Crippen LogP contribution in [0.4, 0.5) is 11.5 Å². The van der Waals surface area contributed by atoms with Gasteiger partial charge in [0.25, 0.3) is 0 Å². The lowest BCUT2D eigenvalue weighted by Crippen LogP contribution is -2.09. The number of hydrogen-bond acceptors (Lipinski definition) is 6. The standard InChI is InChI=1S/C22H18N6O2S/c1-31(29,30)27-17-8-6-14(7-9-17)20-11-21(23)28-22(26-20)18(13-25-28)16-10-15-4-2-3-5-19(15)24-12-16/h2-13,27H,23H2,1H3. The third-order valence-electron chi connectivity index (χ3n) is 4.88. The minimum atomic E-state index is -3.34. The highest BCUT2D eigenvalue weighted by Crippen LogP contribution is 2.29. The maximum atomic E-state index is 11.4. The molecule has 0 aliphatic heterocycles. The molecule has 0 unspecified atom stereocenters. The summed E-state index contributed by atoms with van der Waals surface area (Å²) >= 11 is 0. The van der Waals surface area contributed by atoms with Gasteiger partial charge in [0.05, 0.1) is 23.7 Å². The van der Waals surface area contributed by atoms with Crippen LogP contribution in [0.25, 0.3) is 38.9 Å². The lowest BCUT2D eigenvalue weighted by Gasteiger charge is -2.08. The smallest absolute Gasteiger partial charge is 0.229 e. The maximum absolute atomic E-state index is 11.4. The zero-order valence-corrected chi connectivity index (χ0v) is 17.3. The fourth-order valence-corrected chi connectivity index (χ4v) is 4.04. The predicted octanol–water partition coefficient (Wildman–Crippen LogP) is 3.57. The summed E-state index contributed by atoms with van der Waals surface area (Å²) in [6.45, 7) is 0. The van der Waals surface area contributed by atoms with Gasteiger partial charge in [-0.3, -0.25) is 9.71 Å². The van der Waals surface area contributed by atoms with Crippen LogP contribution in [0, 0.1) is 0 Å². The second-order valence-electron chi connectivity index (χ2n) is 7.23. The summed E-state index contributed by atoms with van der Waals surface area (Å²) in [6, 6.07) is 18.6. The van der Waals surface area contributed by atoms with E-state index in [0.717, 1.165) is 33.8 Å². The van der Waals surface area contributed by atoms with Crippen molar-refractivity contribution in [1.82, 2.24) is 19.6 Å². The van der Waals surface area contributed by atoms with Crippen LogP contribution in [0.5, 0.6) is 0 Å². The first-order chi connectivity index (χ1) is 14.9. The Morgan fingerprint density at radius 2 is 1.74 bits per heavy atom. The van der Waals surface area contributed by atoms with Gasteiger partial charge in [0, 0.05) is 40.0 Å². The normalized spacial score (nSPS) is 11.8. The van der Waals surface area contributed by atoms with E-state index in [1.807, 2.05) is 24.3 Å². The first-order valence-electron chi connectivity index (χ1n) is 9.45. The second kappa shape index (κ2) is 7.06. The molecule has 3 heterocycles.